The molecule has 0 unspecified atom stereocenters. The molecule has 0 aromatic carbocycles. The minimum Gasteiger partial charge on any atom is -0.292 e. The van der Waals surface area contributed by atoms with E-state index in [1.807, 2.05) is 0 Å². The molecule has 54 valence electrons. The predicted molar refractivity (Wildman–Crippen MR) is 36.9 cm³/mol. The smallest absolute Gasteiger partial charge is 0.188 e. The third-order valence-electron chi connectivity index (χ3n) is 0.986. The number of nitrogens with zero attached hydrogens (tertiary/aromatic N) is 1. The molecule has 0 N–H and O–H groups in total. The molecule has 0 saturated heterocycles. The number of halogens is 1. The number of aromatic nitrogens is 1. The summed E-state index contributed by atoms with van der Waals surface area (Å²) in [6.07, 6.45) is 1.39. The second-order valence-electron chi connectivity index (χ2n) is 1.82. The Kier molecular flexibility index (Phi) is 2.11. The fraction of sp³-hybridized carbons (Fsp3) is 0.333. The molecule has 0 aliphatic rings. The number of carbonyl (C=O) groups is 1. The molecule has 0 radical (unpaired) electrons. The minimum absolute atomic E-state index is 0.107. The molecule has 1 aromatic heterocycles. The zero-order valence-electron chi connectivity index (χ0n) is 5.43. The molecule has 0 aliphatic heterocycles. The fourth-order valence-corrected chi connectivity index (χ4v) is 1.19. The predicted octanol–water partition coefficient (Wildman–Crippen LogP) is 1.82. The summed E-state index contributed by atoms with van der Waals surface area (Å²) in [5.74, 6) is -0.107. The lowest BCUT2D eigenvalue weighted by molar-refractivity contribution is 0.101. The summed E-state index contributed by atoms with van der Waals surface area (Å²) in [6.45, 7) is 0.881. The quantitative estimate of drug-likeness (QED) is 0.616. The van der Waals surface area contributed by atoms with E-state index in [-0.39, 0.29) is 5.78 Å². The number of alkyl halides is 1. The van der Waals surface area contributed by atoms with E-state index in [9.17, 15) is 9.18 Å². The summed E-state index contributed by atoms with van der Waals surface area (Å²) in [7, 11) is 0. The SMILES string of the molecule is CC(=O)c1ncc(CF)s1. The summed E-state index contributed by atoms with van der Waals surface area (Å²) >= 11 is 1.11. The number of rotatable bonds is 2. The van der Waals surface area contributed by atoms with E-state index < -0.39 is 6.67 Å². The van der Waals surface area contributed by atoms with Crippen molar-refractivity contribution in [3.63, 3.8) is 0 Å². The van der Waals surface area contributed by atoms with Gasteiger partial charge in [-0.2, -0.15) is 0 Å². The molecule has 4 heteroatoms. The van der Waals surface area contributed by atoms with Crippen LogP contribution in [0.3, 0.4) is 0 Å². The molecule has 0 amide bonds. The van der Waals surface area contributed by atoms with E-state index >= 15 is 0 Å². The highest BCUT2D eigenvalue weighted by atomic mass is 32.1. The van der Waals surface area contributed by atoms with Crippen LogP contribution in [-0.4, -0.2) is 10.8 Å². The van der Waals surface area contributed by atoms with Crippen LogP contribution in [0.2, 0.25) is 0 Å². The highest BCUT2D eigenvalue weighted by Crippen LogP contribution is 2.13. The number of hydrogen-bond acceptors (Lipinski definition) is 3. The van der Waals surface area contributed by atoms with Crippen molar-refractivity contribution in [2.45, 2.75) is 13.6 Å². The number of hydrogen-bond donors (Lipinski definition) is 0. The average Bonchev–Trinajstić information content (AvgIpc) is 2.34. The molecule has 0 saturated carbocycles. The van der Waals surface area contributed by atoms with Crippen LogP contribution in [0.15, 0.2) is 6.20 Å². The van der Waals surface area contributed by atoms with Crippen molar-refractivity contribution in [3.05, 3.63) is 16.1 Å². The van der Waals surface area contributed by atoms with Gasteiger partial charge in [0.1, 0.15) is 6.67 Å². The van der Waals surface area contributed by atoms with Gasteiger partial charge in [0.15, 0.2) is 10.8 Å². The standard InChI is InChI=1S/C6H6FNOS/c1-4(9)6-8-3-5(2-7)10-6/h3H,2H2,1H3. The van der Waals surface area contributed by atoms with Crippen LogP contribution in [-0.2, 0) is 6.67 Å². The molecule has 0 spiro atoms. The molecule has 0 aliphatic carbocycles. The molecule has 0 fully saturated rings. The van der Waals surface area contributed by atoms with Crippen LogP contribution < -0.4 is 0 Å². The van der Waals surface area contributed by atoms with Gasteiger partial charge in [-0.1, -0.05) is 0 Å². The second-order valence-corrected chi connectivity index (χ2v) is 2.94. The highest BCUT2D eigenvalue weighted by molar-refractivity contribution is 7.13. The van der Waals surface area contributed by atoms with Crippen LogP contribution in [0.4, 0.5) is 4.39 Å². The van der Waals surface area contributed by atoms with Gasteiger partial charge < -0.3 is 0 Å². The molecule has 1 heterocycles. The van der Waals surface area contributed by atoms with E-state index in [1.165, 1.54) is 13.1 Å². The van der Waals surface area contributed by atoms with E-state index in [1.54, 1.807) is 0 Å². The van der Waals surface area contributed by atoms with Crippen LogP contribution >= 0.6 is 11.3 Å². The van der Waals surface area contributed by atoms with Gasteiger partial charge in [0.2, 0.25) is 0 Å². The van der Waals surface area contributed by atoms with E-state index in [4.69, 9.17) is 0 Å². The third kappa shape index (κ3) is 1.39. The number of thiazole rings is 1. The van der Waals surface area contributed by atoms with Crippen LogP contribution in [0.5, 0.6) is 0 Å². The maximum absolute atomic E-state index is 11.9. The Hall–Kier alpha value is -0.770. The van der Waals surface area contributed by atoms with Crippen LogP contribution in [0.25, 0.3) is 0 Å². The van der Waals surface area contributed by atoms with Crippen molar-refractivity contribution < 1.29 is 9.18 Å². The first-order chi connectivity index (χ1) is 4.74. The Morgan fingerprint density at radius 3 is 2.90 bits per heavy atom. The fourth-order valence-electron chi connectivity index (χ4n) is 0.532. The van der Waals surface area contributed by atoms with E-state index in [2.05, 4.69) is 4.98 Å². The Balaban J connectivity index is 2.88. The summed E-state index contributed by atoms with van der Waals surface area (Å²) < 4.78 is 11.9. The largest absolute Gasteiger partial charge is 0.292 e. The van der Waals surface area contributed by atoms with Gasteiger partial charge in [0.05, 0.1) is 4.88 Å². The lowest BCUT2D eigenvalue weighted by Gasteiger charge is -1.80. The van der Waals surface area contributed by atoms with Crippen molar-refractivity contribution in [3.8, 4) is 0 Å². The van der Waals surface area contributed by atoms with Crippen molar-refractivity contribution in [2.24, 2.45) is 0 Å². The van der Waals surface area contributed by atoms with Crippen LogP contribution in [0, 0.1) is 0 Å². The first kappa shape index (κ1) is 7.34. The Morgan fingerprint density at radius 2 is 2.60 bits per heavy atom. The minimum atomic E-state index is -0.537. The number of Topliss-reactive ketones (excluding diaryl/α,β-unsaturated/α-hetero) is 1. The van der Waals surface area contributed by atoms with Gasteiger partial charge in [-0.15, -0.1) is 11.3 Å². The summed E-state index contributed by atoms with van der Waals surface area (Å²) in [5, 5.41) is 0.382. The lowest BCUT2D eigenvalue weighted by Crippen LogP contribution is -1.87. The van der Waals surface area contributed by atoms with E-state index in [0.717, 1.165) is 11.3 Å². The first-order valence-electron chi connectivity index (χ1n) is 2.75. The topological polar surface area (TPSA) is 30.0 Å². The Labute approximate surface area is 61.7 Å². The van der Waals surface area contributed by atoms with Gasteiger partial charge in [-0.3, -0.25) is 4.79 Å². The van der Waals surface area contributed by atoms with Crippen molar-refractivity contribution in [2.75, 3.05) is 0 Å². The molecule has 0 atom stereocenters. The third-order valence-corrected chi connectivity index (χ3v) is 2.05. The number of ketones is 1. The lowest BCUT2D eigenvalue weighted by atomic mass is 10.5. The van der Waals surface area contributed by atoms with Gasteiger partial charge in [0.25, 0.3) is 0 Å². The van der Waals surface area contributed by atoms with E-state index in [0.29, 0.717) is 9.88 Å². The number of carbonyl (C=O) groups excluding carboxylic acids is 1. The van der Waals surface area contributed by atoms with Gasteiger partial charge >= 0.3 is 0 Å². The normalized spacial score (nSPS) is 9.80. The Morgan fingerprint density at radius 1 is 1.90 bits per heavy atom. The summed E-state index contributed by atoms with van der Waals surface area (Å²) in [4.78, 5) is 14.8. The molecular formula is C6H6FNOS. The molecule has 2 nitrogen and oxygen atoms in total. The van der Waals surface area contributed by atoms with Crippen LogP contribution in [0.1, 0.15) is 21.6 Å². The molecule has 10 heavy (non-hydrogen) atoms. The molecule has 1 aromatic rings. The van der Waals surface area contributed by atoms with Crippen molar-refractivity contribution in [1.29, 1.82) is 0 Å². The van der Waals surface area contributed by atoms with Gasteiger partial charge in [0, 0.05) is 13.1 Å². The molecule has 1 rings (SSSR count). The monoisotopic (exact) mass is 159 g/mol. The van der Waals surface area contributed by atoms with Gasteiger partial charge in [-0.05, 0) is 0 Å². The van der Waals surface area contributed by atoms with Gasteiger partial charge in [-0.25, -0.2) is 9.37 Å². The molecule has 0 bridgehead atoms. The first-order valence-corrected chi connectivity index (χ1v) is 3.57. The van der Waals surface area contributed by atoms with Crippen molar-refractivity contribution in [1.82, 2.24) is 4.98 Å². The second kappa shape index (κ2) is 2.88. The maximum atomic E-state index is 11.9. The Bertz CT molecular complexity index is 246. The maximum Gasteiger partial charge on any atom is 0.188 e. The zero-order chi connectivity index (χ0) is 7.56. The highest BCUT2D eigenvalue weighted by Gasteiger charge is 2.04. The zero-order valence-corrected chi connectivity index (χ0v) is 6.24. The average molecular weight is 159 g/mol. The summed E-state index contributed by atoms with van der Waals surface area (Å²) in [5.41, 5.74) is 0. The van der Waals surface area contributed by atoms with Crippen molar-refractivity contribution >= 4 is 17.1 Å². The molecular weight excluding hydrogens is 153 g/mol. The summed E-state index contributed by atoms with van der Waals surface area (Å²) in [6, 6.07) is 0.